The molecule has 2 heterocycles. The van der Waals surface area contributed by atoms with Crippen molar-refractivity contribution in [2.45, 2.75) is 6.42 Å². The molecule has 3 rings (SSSR count). The number of nitrogens with zero attached hydrogens (tertiary/aromatic N) is 3. The highest BCUT2D eigenvalue weighted by Gasteiger charge is 2.14. The number of aromatic nitrogens is 2. The van der Waals surface area contributed by atoms with Gasteiger partial charge in [0.25, 0.3) is 0 Å². The van der Waals surface area contributed by atoms with Crippen molar-refractivity contribution in [2.75, 3.05) is 31.2 Å². The van der Waals surface area contributed by atoms with Gasteiger partial charge in [-0.15, -0.1) is 10.2 Å². The Balaban J connectivity index is 1.85. The average Bonchev–Trinajstić information content (AvgIpc) is 2.79. The molecule has 21 heavy (non-hydrogen) atoms. The SMILES string of the molecule is Fc1cccc(-c2ccc(N3CCCOCC3)nn2)c1F. The summed E-state index contributed by atoms with van der Waals surface area (Å²) < 4.78 is 32.3. The molecule has 0 aliphatic carbocycles. The highest BCUT2D eigenvalue weighted by atomic mass is 19.2. The first-order valence-electron chi connectivity index (χ1n) is 6.86. The Morgan fingerprint density at radius 1 is 1.00 bits per heavy atom. The summed E-state index contributed by atoms with van der Waals surface area (Å²) in [5, 5.41) is 8.14. The number of hydrogen-bond donors (Lipinski definition) is 0. The van der Waals surface area contributed by atoms with E-state index in [0.717, 1.165) is 38.0 Å². The lowest BCUT2D eigenvalue weighted by atomic mass is 10.1. The van der Waals surface area contributed by atoms with Crippen molar-refractivity contribution >= 4 is 5.82 Å². The van der Waals surface area contributed by atoms with Crippen molar-refractivity contribution in [3.63, 3.8) is 0 Å². The zero-order valence-corrected chi connectivity index (χ0v) is 11.4. The fourth-order valence-corrected chi connectivity index (χ4v) is 2.31. The van der Waals surface area contributed by atoms with Crippen LogP contribution in [0.25, 0.3) is 11.3 Å². The van der Waals surface area contributed by atoms with Crippen LogP contribution < -0.4 is 4.90 Å². The molecule has 1 aromatic heterocycles. The molecule has 0 bridgehead atoms. The molecule has 1 saturated heterocycles. The molecule has 0 unspecified atom stereocenters. The maximum atomic E-state index is 13.7. The number of rotatable bonds is 2. The van der Waals surface area contributed by atoms with E-state index in [9.17, 15) is 8.78 Å². The molecule has 1 aliphatic heterocycles. The summed E-state index contributed by atoms with van der Waals surface area (Å²) in [6, 6.07) is 7.46. The largest absolute Gasteiger partial charge is 0.380 e. The van der Waals surface area contributed by atoms with Gasteiger partial charge in [0.05, 0.1) is 12.3 Å². The van der Waals surface area contributed by atoms with Gasteiger partial charge >= 0.3 is 0 Å². The van der Waals surface area contributed by atoms with Crippen molar-refractivity contribution in [2.24, 2.45) is 0 Å². The van der Waals surface area contributed by atoms with Gasteiger partial charge in [-0.1, -0.05) is 6.07 Å². The van der Waals surface area contributed by atoms with Crippen molar-refractivity contribution in [1.82, 2.24) is 10.2 Å². The van der Waals surface area contributed by atoms with Crippen LogP contribution in [0.3, 0.4) is 0 Å². The molecule has 1 fully saturated rings. The summed E-state index contributed by atoms with van der Waals surface area (Å²) in [5.74, 6) is -1.06. The Morgan fingerprint density at radius 2 is 1.90 bits per heavy atom. The van der Waals surface area contributed by atoms with Crippen LogP contribution in [-0.2, 0) is 4.74 Å². The van der Waals surface area contributed by atoms with Gasteiger partial charge in [0.2, 0.25) is 0 Å². The van der Waals surface area contributed by atoms with Crippen molar-refractivity contribution in [3.05, 3.63) is 42.0 Å². The molecule has 4 nitrogen and oxygen atoms in total. The van der Waals surface area contributed by atoms with Crippen LogP contribution in [0, 0.1) is 11.6 Å². The minimum Gasteiger partial charge on any atom is -0.380 e. The predicted octanol–water partition coefficient (Wildman–Crippen LogP) is 2.65. The summed E-state index contributed by atoms with van der Waals surface area (Å²) in [5.41, 5.74) is 0.440. The van der Waals surface area contributed by atoms with E-state index in [0.29, 0.717) is 12.3 Å². The first-order valence-corrected chi connectivity index (χ1v) is 6.86. The number of hydrogen-bond acceptors (Lipinski definition) is 4. The molecule has 2 aromatic rings. The van der Waals surface area contributed by atoms with Gasteiger partial charge in [-0.3, -0.25) is 0 Å². The zero-order valence-electron chi connectivity index (χ0n) is 11.4. The van der Waals surface area contributed by atoms with Gasteiger partial charge < -0.3 is 9.64 Å². The quantitative estimate of drug-likeness (QED) is 0.852. The lowest BCUT2D eigenvalue weighted by molar-refractivity contribution is 0.152. The Labute approximate surface area is 121 Å². The normalized spacial score (nSPS) is 15.8. The van der Waals surface area contributed by atoms with E-state index in [1.807, 2.05) is 0 Å². The Morgan fingerprint density at radius 3 is 2.71 bits per heavy atom. The molecule has 0 saturated carbocycles. The van der Waals surface area contributed by atoms with E-state index in [4.69, 9.17) is 4.74 Å². The van der Waals surface area contributed by atoms with E-state index in [1.165, 1.54) is 12.1 Å². The van der Waals surface area contributed by atoms with E-state index in [2.05, 4.69) is 15.1 Å². The molecule has 0 spiro atoms. The summed E-state index contributed by atoms with van der Waals surface area (Å²) in [7, 11) is 0. The van der Waals surface area contributed by atoms with Gasteiger partial charge in [-0.25, -0.2) is 8.78 Å². The molecule has 6 heteroatoms. The van der Waals surface area contributed by atoms with Crippen molar-refractivity contribution < 1.29 is 13.5 Å². The summed E-state index contributed by atoms with van der Waals surface area (Å²) >= 11 is 0. The second-order valence-corrected chi connectivity index (χ2v) is 4.83. The fourth-order valence-electron chi connectivity index (χ4n) is 2.31. The summed E-state index contributed by atoms with van der Waals surface area (Å²) in [6.45, 7) is 3.00. The Kier molecular flexibility index (Phi) is 4.06. The number of anilines is 1. The molecule has 0 atom stereocenters. The predicted molar refractivity (Wildman–Crippen MR) is 75.0 cm³/mol. The highest BCUT2D eigenvalue weighted by molar-refractivity contribution is 5.60. The minimum atomic E-state index is -0.900. The van der Waals surface area contributed by atoms with Crippen molar-refractivity contribution in [1.29, 1.82) is 0 Å². The third kappa shape index (κ3) is 3.00. The molecule has 0 amide bonds. The third-order valence-corrected chi connectivity index (χ3v) is 3.42. The molecule has 0 radical (unpaired) electrons. The van der Waals surface area contributed by atoms with Crippen LogP contribution in [0.5, 0.6) is 0 Å². The lowest BCUT2D eigenvalue weighted by Gasteiger charge is -2.19. The molecule has 110 valence electrons. The highest BCUT2D eigenvalue weighted by Crippen LogP contribution is 2.23. The Bertz CT molecular complexity index is 611. The van der Waals surface area contributed by atoms with E-state index in [1.54, 1.807) is 12.1 Å². The molecular weight excluding hydrogens is 276 g/mol. The maximum Gasteiger partial charge on any atom is 0.168 e. The maximum absolute atomic E-state index is 13.7. The number of ether oxygens (including phenoxy) is 1. The number of halogens is 2. The lowest BCUT2D eigenvalue weighted by Crippen LogP contribution is -2.27. The molecule has 1 aromatic carbocycles. The van der Waals surface area contributed by atoms with Gasteiger partial charge in [0.1, 0.15) is 0 Å². The fraction of sp³-hybridized carbons (Fsp3) is 0.333. The first-order chi connectivity index (χ1) is 10.3. The first kappa shape index (κ1) is 13.9. The van der Waals surface area contributed by atoms with E-state index < -0.39 is 11.6 Å². The van der Waals surface area contributed by atoms with Crippen LogP contribution in [0.4, 0.5) is 14.6 Å². The van der Waals surface area contributed by atoms with Crippen LogP contribution in [0.1, 0.15) is 6.42 Å². The summed E-state index contributed by atoms with van der Waals surface area (Å²) in [4.78, 5) is 2.08. The van der Waals surface area contributed by atoms with Gasteiger partial charge in [0.15, 0.2) is 17.5 Å². The second-order valence-electron chi connectivity index (χ2n) is 4.83. The van der Waals surface area contributed by atoms with Crippen LogP contribution in [-0.4, -0.2) is 36.5 Å². The standard InChI is InChI=1S/C15H15F2N3O/c16-12-4-1-3-11(15(12)17)13-5-6-14(19-18-13)20-7-2-9-21-10-8-20/h1,3-6H,2,7-10H2. The zero-order chi connectivity index (χ0) is 14.7. The van der Waals surface area contributed by atoms with E-state index in [-0.39, 0.29) is 5.56 Å². The molecule has 1 aliphatic rings. The topological polar surface area (TPSA) is 38.2 Å². The van der Waals surface area contributed by atoms with E-state index >= 15 is 0 Å². The van der Waals surface area contributed by atoms with Gasteiger partial charge in [-0.2, -0.15) is 0 Å². The smallest absolute Gasteiger partial charge is 0.168 e. The second kappa shape index (κ2) is 6.13. The van der Waals surface area contributed by atoms with Crippen LogP contribution >= 0.6 is 0 Å². The number of benzene rings is 1. The molecule has 0 N–H and O–H groups in total. The summed E-state index contributed by atoms with van der Waals surface area (Å²) in [6.07, 6.45) is 0.932. The molecular formula is C15H15F2N3O. The van der Waals surface area contributed by atoms with Crippen molar-refractivity contribution in [3.8, 4) is 11.3 Å². The van der Waals surface area contributed by atoms with Gasteiger partial charge in [-0.05, 0) is 30.7 Å². The minimum absolute atomic E-state index is 0.119. The third-order valence-electron chi connectivity index (χ3n) is 3.42. The monoisotopic (exact) mass is 291 g/mol. The Hall–Kier alpha value is -2.08. The average molecular weight is 291 g/mol. The van der Waals surface area contributed by atoms with Crippen LogP contribution in [0.2, 0.25) is 0 Å². The van der Waals surface area contributed by atoms with Crippen LogP contribution in [0.15, 0.2) is 30.3 Å². The van der Waals surface area contributed by atoms with Gasteiger partial charge in [0, 0.05) is 25.3 Å².